The topological polar surface area (TPSA) is 25.8 Å². The standard InChI is InChI=1S/C14H11BN2/c15-11-7-5-10(6-8-11)14-9-16-12-3-1-2-4-13(12)17-14/h1-9H,15H2. The lowest BCUT2D eigenvalue weighted by molar-refractivity contribution is 1.29. The van der Waals surface area contributed by atoms with Crippen molar-refractivity contribution in [3.05, 3.63) is 54.7 Å². The third kappa shape index (κ3) is 1.92. The van der Waals surface area contributed by atoms with Crippen molar-refractivity contribution in [2.45, 2.75) is 0 Å². The number of benzene rings is 2. The largest absolute Gasteiger partial charge is 0.252 e. The van der Waals surface area contributed by atoms with Crippen LogP contribution in [0.2, 0.25) is 0 Å². The normalized spacial score (nSPS) is 10.6. The lowest BCUT2D eigenvalue weighted by Gasteiger charge is -2.02. The predicted octanol–water partition coefficient (Wildman–Crippen LogP) is 1.56. The molecule has 0 saturated heterocycles. The fourth-order valence-electron chi connectivity index (χ4n) is 1.82. The smallest absolute Gasteiger partial charge is 0.139 e. The van der Waals surface area contributed by atoms with E-state index in [0.29, 0.717) is 0 Å². The zero-order valence-electron chi connectivity index (χ0n) is 9.59. The zero-order chi connectivity index (χ0) is 11.7. The van der Waals surface area contributed by atoms with Crippen LogP contribution in [0, 0.1) is 0 Å². The average molecular weight is 218 g/mol. The number of para-hydroxylation sites is 2. The van der Waals surface area contributed by atoms with Crippen molar-refractivity contribution in [1.29, 1.82) is 0 Å². The summed E-state index contributed by atoms with van der Waals surface area (Å²) in [4.78, 5) is 9.03. The van der Waals surface area contributed by atoms with Gasteiger partial charge in [0.05, 0.1) is 22.9 Å². The second-order valence-corrected chi connectivity index (χ2v) is 4.11. The summed E-state index contributed by atoms with van der Waals surface area (Å²) in [5.74, 6) is 0. The molecule has 2 nitrogen and oxygen atoms in total. The molecule has 80 valence electrons. The molecular formula is C14H11BN2. The second kappa shape index (κ2) is 4.02. The van der Waals surface area contributed by atoms with Crippen LogP contribution in [0.4, 0.5) is 0 Å². The lowest BCUT2D eigenvalue weighted by atomic mass is 9.95. The molecular weight excluding hydrogens is 207 g/mol. The molecule has 3 rings (SSSR count). The minimum atomic E-state index is 0.920. The van der Waals surface area contributed by atoms with Crippen molar-refractivity contribution in [2.24, 2.45) is 0 Å². The van der Waals surface area contributed by atoms with E-state index >= 15 is 0 Å². The molecule has 0 saturated carbocycles. The van der Waals surface area contributed by atoms with Crippen LogP contribution in [0.15, 0.2) is 54.7 Å². The first-order chi connectivity index (χ1) is 8.33. The van der Waals surface area contributed by atoms with Crippen LogP contribution in [0.5, 0.6) is 0 Å². The summed E-state index contributed by atoms with van der Waals surface area (Å²) < 4.78 is 0. The molecule has 0 aliphatic heterocycles. The zero-order valence-corrected chi connectivity index (χ0v) is 9.59. The highest BCUT2D eigenvalue weighted by Gasteiger charge is 2.01. The first-order valence-electron chi connectivity index (χ1n) is 5.62. The Morgan fingerprint density at radius 1 is 0.824 bits per heavy atom. The summed E-state index contributed by atoms with van der Waals surface area (Å²) in [5.41, 5.74) is 5.15. The Balaban J connectivity index is 2.14. The number of aromatic nitrogens is 2. The molecule has 3 aromatic rings. The third-order valence-electron chi connectivity index (χ3n) is 2.80. The molecule has 17 heavy (non-hydrogen) atoms. The number of rotatable bonds is 1. The van der Waals surface area contributed by atoms with Gasteiger partial charge in [-0.1, -0.05) is 41.9 Å². The molecule has 0 N–H and O–H groups in total. The van der Waals surface area contributed by atoms with E-state index in [2.05, 4.69) is 42.1 Å². The summed E-state index contributed by atoms with van der Waals surface area (Å²) >= 11 is 0. The first-order valence-corrected chi connectivity index (χ1v) is 5.62. The predicted molar refractivity (Wildman–Crippen MR) is 73.2 cm³/mol. The van der Waals surface area contributed by atoms with Gasteiger partial charge in [0.15, 0.2) is 0 Å². The molecule has 0 atom stereocenters. The molecule has 0 aliphatic carbocycles. The molecule has 3 heteroatoms. The highest BCUT2D eigenvalue weighted by atomic mass is 14.8. The maximum Gasteiger partial charge on any atom is 0.139 e. The maximum absolute atomic E-state index is 4.61. The van der Waals surface area contributed by atoms with Crippen LogP contribution in [0.25, 0.3) is 22.3 Å². The van der Waals surface area contributed by atoms with Gasteiger partial charge in [0.1, 0.15) is 7.85 Å². The molecule has 0 spiro atoms. The van der Waals surface area contributed by atoms with E-state index in [4.69, 9.17) is 0 Å². The second-order valence-electron chi connectivity index (χ2n) is 4.11. The van der Waals surface area contributed by atoms with Crippen molar-refractivity contribution in [3.63, 3.8) is 0 Å². The number of hydrogen-bond acceptors (Lipinski definition) is 2. The SMILES string of the molecule is Bc1ccc(-c2cnc3ccccc3n2)cc1. The van der Waals surface area contributed by atoms with Gasteiger partial charge < -0.3 is 0 Å². The Kier molecular flexibility index (Phi) is 2.37. The van der Waals surface area contributed by atoms with Crippen LogP contribution in [-0.2, 0) is 0 Å². The van der Waals surface area contributed by atoms with E-state index in [-0.39, 0.29) is 0 Å². The average Bonchev–Trinajstić information content (AvgIpc) is 2.39. The van der Waals surface area contributed by atoms with Crippen molar-refractivity contribution < 1.29 is 0 Å². The Morgan fingerprint density at radius 2 is 1.53 bits per heavy atom. The molecule has 0 amide bonds. The lowest BCUT2D eigenvalue weighted by Crippen LogP contribution is -1.99. The highest BCUT2D eigenvalue weighted by Crippen LogP contribution is 2.17. The number of fused-ring (bicyclic) bond motifs is 1. The van der Waals surface area contributed by atoms with Gasteiger partial charge in [-0.3, -0.25) is 4.98 Å². The van der Waals surface area contributed by atoms with E-state index in [1.165, 1.54) is 5.46 Å². The van der Waals surface area contributed by atoms with Crippen LogP contribution < -0.4 is 5.46 Å². The van der Waals surface area contributed by atoms with Crippen molar-refractivity contribution in [1.82, 2.24) is 9.97 Å². The van der Waals surface area contributed by atoms with Crippen molar-refractivity contribution in [2.75, 3.05) is 0 Å². The van der Waals surface area contributed by atoms with Crippen LogP contribution in [-0.4, -0.2) is 17.8 Å². The minimum Gasteiger partial charge on any atom is -0.252 e. The summed E-state index contributed by atoms with van der Waals surface area (Å²) in [6.07, 6.45) is 1.83. The monoisotopic (exact) mass is 218 g/mol. The first kappa shape index (κ1) is 10.0. The van der Waals surface area contributed by atoms with Gasteiger partial charge >= 0.3 is 0 Å². The summed E-state index contributed by atoms with van der Waals surface area (Å²) in [5, 5.41) is 0. The number of nitrogens with zero attached hydrogens (tertiary/aromatic N) is 2. The van der Waals surface area contributed by atoms with Crippen molar-refractivity contribution in [3.8, 4) is 11.3 Å². The molecule has 0 bridgehead atoms. The number of hydrogen-bond donors (Lipinski definition) is 0. The van der Waals surface area contributed by atoms with Crippen LogP contribution >= 0.6 is 0 Å². The van der Waals surface area contributed by atoms with E-state index < -0.39 is 0 Å². The quantitative estimate of drug-likeness (QED) is 0.579. The minimum absolute atomic E-state index is 0.920. The maximum atomic E-state index is 4.61. The molecule has 0 fully saturated rings. The van der Waals surface area contributed by atoms with Gasteiger partial charge in [-0.2, -0.15) is 0 Å². The Labute approximate surface area is 101 Å². The molecule has 0 unspecified atom stereocenters. The van der Waals surface area contributed by atoms with Gasteiger partial charge in [-0.25, -0.2) is 4.98 Å². The fraction of sp³-hybridized carbons (Fsp3) is 0. The Bertz CT molecular complexity index is 662. The summed E-state index contributed by atoms with van der Waals surface area (Å²) in [6, 6.07) is 16.3. The molecule has 0 aliphatic rings. The fourth-order valence-corrected chi connectivity index (χ4v) is 1.82. The highest BCUT2D eigenvalue weighted by molar-refractivity contribution is 6.32. The Morgan fingerprint density at radius 3 is 2.29 bits per heavy atom. The van der Waals surface area contributed by atoms with Crippen LogP contribution in [0.1, 0.15) is 0 Å². The molecule has 0 radical (unpaired) electrons. The van der Waals surface area contributed by atoms with E-state index in [1.54, 1.807) is 0 Å². The van der Waals surface area contributed by atoms with Crippen LogP contribution in [0.3, 0.4) is 0 Å². The van der Waals surface area contributed by atoms with Gasteiger partial charge in [0.25, 0.3) is 0 Å². The van der Waals surface area contributed by atoms with Gasteiger partial charge in [0, 0.05) is 5.56 Å². The Hall–Kier alpha value is -2.16. The molecule has 1 heterocycles. The van der Waals surface area contributed by atoms with E-state index in [1.807, 2.05) is 30.5 Å². The van der Waals surface area contributed by atoms with Gasteiger partial charge in [-0.05, 0) is 12.1 Å². The van der Waals surface area contributed by atoms with Crippen molar-refractivity contribution >= 4 is 24.3 Å². The summed E-state index contributed by atoms with van der Waals surface area (Å²) in [7, 11) is 2.08. The van der Waals surface area contributed by atoms with E-state index in [0.717, 1.165) is 22.3 Å². The van der Waals surface area contributed by atoms with Gasteiger partial charge in [0.2, 0.25) is 0 Å². The third-order valence-corrected chi connectivity index (χ3v) is 2.80. The molecule has 2 aromatic carbocycles. The summed E-state index contributed by atoms with van der Waals surface area (Å²) in [6.45, 7) is 0. The van der Waals surface area contributed by atoms with Gasteiger partial charge in [-0.15, -0.1) is 0 Å². The van der Waals surface area contributed by atoms with E-state index in [9.17, 15) is 0 Å². The molecule has 1 aromatic heterocycles.